The fraction of sp³-hybridized carbons (Fsp3) is 0. The van der Waals surface area contributed by atoms with Crippen LogP contribution in [0, 0.1) is 0 Å². The van der Waals surface area contributed by atoms with Crippen LogP contribution in [0.25, 0.3) is 80.4 Å². The van der Waals surface area contributed by atoms with E-state index in [0.717, 1.165) is 50.2 Å². The first-order valence-corrected chi connectivity index (χ1v) is 17.8. The molecule has 0 spiro atoms. The van der Waals surface area contributed by atoms with E-state index in [1.807, 2.05) is 17.4 Å². The summed E-state index contributed by atoms with van der Waals surface area (Å²) in [7, 11) is 0. The lowest BCUT2D eigenvalue weighted by molar-refractivity contribution is 0.669. The summed E-state index contributed by atoms with van der Waals surface area (Å²) in [4.78, 5) is 2.47. The molecule has 11 aromatic rings. The lowest BCUT2D eigenvalue weighted by Gasteiger charge is -2.28. The minimum atomic E-state index is 0.869. The number of aromatic nitrogens is 1. The van der Waals surface area contributed by atoms with E-state index in [0.29, 0.717) is 0 Å². The van der Waals surface area contributed by atoms with Gasteiger partial charge in [0.05, 0.1) is 28.1 Å². The zero-order valence-corrected chi connectivity index (χ0v) is 27.7. The molecule has 0 N–H and O–H groups in total. The van der Waals surface area contributed by atoms with E-state index < -0.39 is 0 Å². The molecule has 0 aliphatic rings. The number of thiophene rings is 1. The molecular formula is C46H28N2OS. The first-order valence-electron chi connectivity index (χ1n) is 16.9. The van der Waals surface area contributed by atoms with E-state index in [2.05, 4.69) is 173 Å². The molecular weight excluding hydrogens is 629 g/mol. The lowest BCUT2D eigenvalue weighted by Crippen LogP contribution is -2.12. The Bertz CT molecular complexity index is 3110. The van der Waals surface area contributed by atoms with Crippen LogP contribution in [0.1, 0.15) is 0 Å². The highest BCUT2D eigenvalue weighted by molar-refractivity contribution is 7.26. The summed E-state index contributed by atoms with van der Waals surface area (Å²) in [5.41, 5.74) is 8.41. The first kappa shape index (κ1) is 27.6. The molecule has 4 heteroatoms. The molecule has 0 amide bonds. The monoisotopic (exact) mass is 656 g/mol. The van der Waals surface area contributed by atoms with Gasteiger partial charge in [-0.05, 0) is 59.3 Å². The summed E-state index contributed by atoms with van der Waals surface area (Å²) in [5, 5.41) is 9.62. The van der Waals surface area contributed by atoms with Crippen molar-refractivity contribution in [3.8, 4) is 5.69 Å². The molecule has 3 heterocycles. The maximum absolute atomic E-state index is 6.82. The van der Waals surface area contributed by atoms with E-state index in [1.54, 1.807) is 0 Å². The van der Waals surface area contributed by atoms with Gasteiger partial charge in [-0.15, -0.1) is 11.3 Å². The van der Waals surface area contributed by atoms with Crippen molar-refractivity contribution in [3.05, 3.63) is 170 Å². The van der Waals surface area contributed by atoms with Crippen molar-refractivity contribution < 1.29 is 4.42 Å². The fourth-order valence-corrected chi connectivity index (χ4v) is 9.30. The topological polar surface area (TPSA) is 21.3 Å². The fourth-order valence-electron chi connectivity index (χ4n) is 8.04. The standard InChI is InChI=1S/C46H28N2OS/c1-2-15-30(16-3-1)47-37-23-9-6-18-32(37)34-21-12-24-38(44(34)47)48(39-25-13-22-35-33-19-7-10-26-41(33)49-45(35)39)40-28-29-14-4-5-17-31(29)46-43(40)36-20-8-11-27-42(36)50-46/h1-28H. The van der Waals surface area contributed by atoms with Crippen molar-refractivity contribution >= 4 is 103 Å². The van der Waals surface area contributed by atoms with Crippen molar-refractivity contribution in [2.24, 2.45) is 0 Å². The normalized spacial score (nSPS) is 12.0. The number of para-hydroxylation sites is 5. The Kier molecular flexibility index (Phi) is 5.83. The highest BCUT2D eigenvalue weighted by Crippen LogP contribution is 2.51. The lowest BCUT2D eigenvalue weighted by atomic mass is 10.0. The molecule has 11 rings (SSSR count). The molecule has 3 nitrogen and oxygen atoms in total. The molecule has 0 saturated heterocycles. The Morgan fingerprint density at radius 1 is 0.480 bits per heavy atom. The summed E-state index contributed by atoms with van der Waals surface area (Å²) >= 11 is 1.87. The zero-order chi connectivity index (χ0) is 32.8. The summed E-state index contributed by atoms with van der Waals surface area (Å²) in [5.74, 6) is 0. The maximum atomic E-state index is 6.82. The molecule has 0 aliphatic carbocycles. The van der Waals surface area contributed by atoms with Gasteiger partial charge in [-0.2, -0.15) is 0 Å². The number of hydrogen-bond acceptors (Lipinski definition) is 3. The predicted octanol–water partition coefficient (Wildman–Crippen LogP) is 13.7. The van der Waals surface area contributed by atoms with Gasteiger partial charge in [-0.1, -0.05) is 121 Å². The minimum absolute atomic E-state index is 0.869. The Hall–Kier alpha value is -6.36. The third-order valence-corrected chi connectivity index (χ3v) is 11.3. The van der Waals surface area contributed by atoms with Crippen LogP contribution in [-0.2, 0) is 0 Å². The Labute approximate surface area is 291 Å². The maximum Gasteiger partial charge on any atom is 0.159 e. The van der Waals surface area contributed by atoms with Crippen molar-refractivity contribution in [1.29, 1.82) is 0 Å². The first-order chi connectivity index (χ1) is 24.8. The Morgan fingerprint density at radius 2 is 1.14 bits per heavy atom. The van der Waals surface area contributed by atoms with Crippen LogP contribution >= 0.6 is 11.3 Å². The second kappa shape index (κ2) is 10.6. The minimum Gasteiger partial charge on any atom is -0.454 e. The predicted molar refractivity (Wildman–Crippen MR) is 213 cm³/mol. The number of rotatable bonds is 4. The molecule has 0 bridgehead atoms. The molecule has 50 heavy (non-hydrogen) atoms. The van der Waals surface area contributed by atoms with Crippen LogP contribution in [0.5, 0.6) is 0 Å². The van der Waals surface area contributed by atoms with Gasteiger partial charge in [0, 0.05) is 47.4 Å². The van der Waals surface area contributed by atoms with Gasteiger partial charge in [-0.3, -0.25) is 0 Å². The van der Waals surface area contributed by atoms with E-state index in [9.17, 15) is 0 Å². The van der Waals surface area contributed by atoms with Crippen molar-refractivity contribution in [1.82, 2.24) is 4.57 Å². The quantitative estimate of drug-likeness (QED) is 0.188. The van der Waals surface area contributed by atoms with Crippen molar-refractivity contribution in [2.45, 2.75) is 0 Å². The van der Waals surface area contributed by atoms with Crippen LogP contribution < -0.4 is 4.90 Å². The molecule has 0 unspecified atom stereocenters. The van der Waals surface area contributed by atoms with Crippen LogP contribution in [0.2, 0.25) is 0 Å². The van der Waals surface area contributed by atoms with Crippen molar-refractivity contribution in [3.63, 3.8) is 0 Å². The SMILES string of the molecule is c1ccc(-n2c3ccccc3c3cccc(N(c4cccc5c4oc4ccccc45)c4cc5ccccc5c5sc6ccccc6c45)c32)cc1. The average molecular weight is 657 g/mol. The zero-order valence-electron chi connectivity index (χ0n) is 26.9. The van der Waals surface area contributed by atoms with E-state index in [-0.39, 0.29) is 0 Å². The molecule has 0 aliphatic heterocycles. The third kappa shape index (κ3) is 3.85. The van der Waals surface area contributed by atoms with Gasteiger partial charge >= 0.3 is 0 Å². The van der Waals surface area contributed by atoms with Gasteiger partial charge in [0.2, 0.25) is 0 Å². The van der Waals surface area contributed by atoms with Gasteiger partial charge in [0.25, 0.3) is 0 Å². The van der Waals surface area contributed by atoms with E-state index in [4.69, 9.17) is 4.42 Å². The number of benzene rings is 8. The van der Waals surface area contributed by atoms with Gasteiger partial charge < -0.3 is 13.9 Å². The second-order valence-corrected chi connectivity index (χ2v) is 13.9. The average Bonchev–Trinajstić information content (AvgIpc) is 3.86. The number of nitrogens with zero attached hydrogens (tertiary/aromatic N) is 2. The van der Waals surface area contributed by atoms with Crippen molar-refractivity contribution in [2.75, 3.05) is 4.90 Å². The molecule has 234 valence electrons. The Morgan fingerprint density at radius 3 is 2.02 bits per heavy atom. The number of anilines is 3. The van der Waals surface area contributed by atoms with E-state index >= 15 is 0 Å². The smallest absolute Gasteiger partial charge is 0.159 e. The van der Waals surface area contributed by atoms with E-state index in [1.165, 1.54) is 47.2 Å². The highest BCUT2D eigenvalue weighted by Gasteiger charge is 2.27. The second-order valence-electron chi connectivity index (χ2n) is 12.9. The van der Waals surface area contributed by atoms with Crippen LogP contribution in [-0.4, -0.2) is 4.57 Å². The number of fused-ring (bicyclic) bond motifs is 11. The summed E-state index contributed by atoms with van der Waals surface area (Å²) in [6.07, 6.45) is 0. The summed E-state index contributed by atoms with van der Waals surface area (Å²) < 4.78 is 11.8. The number of hydrogen-bond donors (Lipinski definition) is 0. The number of furan rings is 1. The van der Waals surface area contributed by atoms with Crippen LogP contribution in [0.4, 0.5) is 17.1 Å². The van der Waals surface area contributed by atoms with Gasteiger partial charge in [-0.25, -0.2) is 0 Å². The highest BCUT2D eigenvalue weighted by atomic mass is 32.1. The summed E-state index contributed by atoms with van der Waals surface area (Å²) in [6, 6.07) is 61.1. The molecule has 0 fully saturated rings. The molecule has 0 atom stereocenters. The van der Waals surface area contributed by atoms with Gasteiger partial charge in [0.15, 0.2) is 5.58 Å². The summed E-state index contributed by atoms with van der Waals surface area (Å²) in [6.45, 7) is 0. The molecule has 0 radical (unpaired) electrons. The Balaban J connectivity index is 1.36. The third-order valence-electron chi connectivity index (χ3n) is 10.1. The molecule has 8 aromatic carbocycles. The van der Waals surface area contributed by atoms with Crippen LogP contribution in [0.15, 0.2) is 174 Å². The van der Waals surface area contributed by atoms with Crippen LogP contribution in [0.3, 0.4) is 0 Å². The largest absolute Gasteiger partial charge is 0.454 e. The molecule has 3 aromatic heterocycles. The van der Waals surface area contributed by atoms with Gasteiger partial charge in [0.1, 0.15) is 5.58 Å². The molecule has 0 saturated carbocycles.